The second-order valence-corrected chi connectivity index (χ2v) is 5.00. The molecule has 1 fully saturated rings. The molecule has 82 valence electrons. The van der Waals surface area contributed by atoms with E-state index < -0.39 is 0 Å². The number of rotatable bonds is 2. The Morgan fingerprint density at radius 3 is 2.53 bits per heavy atom. The minimum atomic E-state index is 0.0405. The number of hydrogen-bond acceptors (Lipinski definition) is 1. The fourth-order valence-electron chi connectivity index (χ4n) is 2.35. The molecule has 2 rings (SSSR count). The van der Waals surface area contributed by atoms with Gasteiger partial charge in [0.05, 0.1) is 10.0 Å². The summed E-state index contributed by atoms with van der Waals surface area (Å²) in [6, 6.07) is 5.74. The predicted molar refractivity (Wildman–Crippen MR) is 65.3 cm³/mol. The topological polar surface area (TPSA) is 26.0 Å². The molecular formula is C12H15Cl2N. The number of nitrogens with two attached hydrogens (primary N) is 1. The van der Waals surface area contributed by atoms with Gasteiger partial charge in [0.2, 0.25) is 0 Å². The lowest BCUT2D eigenvalue weighted by Crippen LogP contribution is -2.19. The van der Waals surface area contributed by atoms with Crippen LogP contribution in [0.3, 0.4) is 0 Å². The first-order valence-corrected chi connectivity index (χ1v) is 6.15. The molecule has 1 atom stereocenters. The van der Waals surface area contributed by atoms with E-state index in [4.69, 9.17) is 28.9 Å². The highest BCUT2D eigenvalue weighted by Gasteiger charge is 2.25. The lowest BCUT2D eigenvalue weighted by molar-refractivity contribution is 0.445. The van der Waals surface area contributed by atoms with Crippen LogP contribution in [-0.4, -0.2) is 0 Å². The molecule has 0 aliphatic heterocycles. The molecule has 0 heterocycles. The van der Waals surface area contributed by atoms with Crippen LogP contribution in [0.1, 0.15) is 37.3 Å². The summed E-state index contributed by atoms with van der Waals surface area (Å²) < 4.78 is 0. The molecule has 1 aromatic rings. The monoisotopic (exact) mass is 243 g/mol. The second kappa shape index (κ2) is 4.73. The van der Waals surface area contributed by atoms with E-state index in [1.54, 1.807) is 6.07 Å². The lowest BCUT2D eigenvalue weighted by atomic mass is 9.92. The molecule has 0 unspecified atom stereocenters. The van der Waals surface area contributed by atoms with Crippen molar-refractivity contribution in [2.24, 2.45) is 11.7 Å². The van der Waals surface area contributed by atoms with Crippen LogP contribution in [0, 0.1) is 5.92 Å². The summed E-state index contributed by atoms with van der Waals surface area (Å²) in [6.07, 6.45) is 5.00. The van der Waals surface area contributed by atoms with Crippen molar-refractivity contribution < 1.29 is 0 Å². The lowest BCUT2D eigenvalue weighted by Gasteiger charge is -2.20. The molecule has 0 aromatic heterocycles. The molecule has 3 heteroatoms. The Hall–Kier alpha value is -0.240. The normalized spacial score (nSPS) is 19.4. The molecule has 0 amide bonds. The van der Waals surface area contributed by atoms with Crippen molar-refractivity contribution in [3.8, 4) is 0 Å². The number of benzene rings is 1. The van der Waals surface area contributed by atoms with Crippen LogP contribution < -0.4 is 5.73 Å². The zero-order chi connectivity index (χ0) is 10.8. The van der Waals surface area contributed by atoms with Crippen LogP contribution in [-0.2, 0) is 0 Å². The minimum Gasteiger partial charge on any atom is -0.324 e. The van der Waals surface area contributed by atoms with Crippen LogP contribution in [0.2, 0.25) is 10.0 Å². The number of halogens is 2. The Bertz CT molecular complexity index is 345. The average molecular weight is 244 g/mol. The molecule has 1 aliphatic carbocycles. The van der Waals surface area contributed by atoms with E-state index in [0.717, 1.165) is 5.56 Å². The van der Waals surface area contributed by atoms with Crippen LogP contribution in [0.5, 0.6) is 0 Å². The van der Waals surface area contributed by atoms with Crippen molar-refractivity contribution in [1.82, 2.24) is 0 Å². The SMILES string of the molecule is N[C@H](c1cccc(Cl)c1Cl)C1CCCC1. The largest absolute Gasteiger partial charge is 0.324 e. The molecular weight excluding hydrogens is 229 g/mol. The van der Waals surface area contributed by atoms with E-state index in [1.807, 2.05) is 12.1 Å². The van der Waals surface area contributed by atoms with Gasteiger partial charge < -0.3 is 5.73 Å². The smallest absolute Gasteiger partial charge is 0.0640 e. The van der Waals surface area contributed by atoms with Gasteiger partial charge in [-0.25, -0.2) is 0 Å². The Balaban J connectivity index is 2.24. The van der Waals surface area contributed by atoms with Crippen molar-refractivity contribution in [3.63, 3.8) is 0 Å². The summed E-state index contributed by atoms with van der Waals surface area (Å²) in [7, 11) is 0. The van der Waals surface area contributed by atoms with Gasteiger partial charge in [0.1, 0.15) is 0 Å². The molecule has 1 aromatic carbocycles. The van der Waals surface area contributed by atoms with Gasteiger partial charge in [-0.1, -0.05) is 48.2 Å². The van der Waals surface area contributed by atoms with Crippen LogP contribution in [0.15, 0.2) is 18.2 Å². The van der Waals surface area contributed by atoms with Crippen molar-refractivity contribution in [2.75, 3.05) is 0 Å². The molecule has 0 bridgehead atoms. The minimum absolute atomic E-state index is 0.0405. The van der Waals surface area contributed by atoms with Crippen molar-refractivity contribution >= 4 is 23.2 Å². The van der Waals surface area contributed by atoms with Crippen LogP contribution in [0.25, 0.3) is 0 Å². The average Bonchev–Trinajstić information content (AvgIpc) is 2.74. The Morgan fingerprint density at radius 2 is 1.87 bits per heavy atom. The van der Waals surface area contributed by atoms with E-state index >= 15 is 0 Å². The highest BCUT2D eigenvalue weighted by Crippen LogP contribution is 2.38. The van der Waals surface area contributed by atoms with Crippen LogP contribution in [0.4, 0.5) is 0 Å². The van der Waals surface area contributed by atoms with Gasteiger partial charge in [0, 0.05) is 6.04 Å². The molecule has 1 aliphatic rings. The van der Waals surface area contributed by atoms with Gasteiger partial charge in [0.25, 0.3) is 0 Å². The van der Waals surface area contributed by atoms with Gasteiger partial charge in [-0.05, 0) is 30.4 Å². The van der Waals surface area contributed by atoms with Crippen LogP contribution >= 0.6 is 23.2 Å². The van der Waals surface area contributed by atoms with Crippen molar-refractivity contribution in [2.45, 2.75) is 31.7 Å². The zero-order valence-electron chi connectivity index (χ0n) is 8.55. The maximum Gasteiger partial charge on any atom is 0.0640 e. The summed E-state index contributed by atoms with van der Waals surface area (Å²) in [5.41, 5.74) is 7.22. The fraction of sp³-hybridized carbons (Fsp3) is 0.500. The molecule has 1 nitrogen and oxygen atoms in total. The molecule has 0 radical (unpaired) electrons. The first-order chi connectivity index (χ1) is 7.20. The highest BCUT2D eigenvalue weighted by molar-refractivity contribution is 6.42. The third-order valence-corrected chi connectivity index (χ3v) is 4.08. The van der Waals surface area contributed by atoms with E-state index in [1.165, 1.54) is 25.7 Å². The quantitative estimate of drug-likeness (QED) is 0.829. The summed E-state index contributed by atoms with van der Waals surface area (Å²) in [5.74, 6) is 0.570. The summed E-state index contributed by atoms with van der Waals surface area (Å²) in [6.45, 7) is 0. The van der Waals surface area contributed by atoms with E-state index in [0.29, 0.717) is 16.0 Å². The Kier molecular flexibility index (Phi) is 3.55. The van der Waals surface area contributed by atoms with Gasteiger partial charge in [-0.2, -0.15) is 0 Å². The third-order valence-electron chi connectivity index (χ3n) is 3.25. The van der Waals surface area contributed by atoms with Gasteiger partial charge >= 0.3 is 0 Å². The molecule has 0 saturated heterocycles. The highest BCUT2D eigenvalue weighted by atomic mass is 35.5. The van der Waals surface area contributed by atoms with E-state index in [2.05, 4.69) is 0 Å². The van der Waals surface area contributed by atoms with E-state index in [-0.39, 0.29) is 6.04 Å². The van der Waals surface area contributed by atoms with Gasteiger partial charge in [-0.15, -0.1) is 0 Å². The van der Waals surface area contributed by atoms with Crippen molar-refractivity contribution in [1.29, 1.82) is 0 Å². The Labute approximate surface area is 101 Å². The molecule has 15 heavy (non-hydrogen) atoms. The first-order valence-electron chi connectivity index (χ1n) is 5.39. The standard InChI is InChI=1S/C12H15Cl2N/c13-10-7-3-6-9(11(10)14)12(15)8-4-1-2-5-8/h3,6-8,12H,1-2,4-5,15H2/t12-/m0/s1. The zero-order valence-corrected chi connectivity index (χ0v) is 10.1. The summed E-state index contributed by atoms with van der Waals surface area (Å²) in [4.78, 5) is 0. The maximum absolute atomic E-state index is 6.23. The van der Waals surface area contributed by atoms with Gasteiger partial charge in [-0.3, -0.25) is 0 Å². The summed E-state index contributed by atoms with van der Waals surface area (Å²) in [5, 5.41) is 1.22. The Morgan fingerprint density at radius 1 is 1.20 bits per heavy atom. The summed E-state index contributed by atoms with van der Waals surface area (Å²) >= 11 is 12.1. The van der Waals surface area contributed by atoms with E-state index in [9.17, 15) is 0 Å². The molecule has 0 spiro atoms. The first kappa shape index (κ1) is 11.3. The molecule has 1 saturated carbocycles. The maximum atomic E-state index is 6.23. The molecule has 2 N–H and O–H groups in total. The second-order valence-electron chi connectivity index (χ2n) is 4.21. The third kappa shape index (κ3) is 2.30. The van der Waals surface area contributed by atoms with Gasteiger partial charge in [0.15, 0.2) is 0 Å². The van der Waals surface area contributed by atoms with Crippen molar-refractivity contribution in [3.05, 3.63) is 33.8 Å². The predicted octanol–water partition coefficient (Wildman–Crippen LogP) is 4.18. The number of hydrogen-bond donors (Lipinski definition) is 1. The fourth-order valence-corrected chi connectivity index (χ4v) is 2.78.